The number of methoxy groups -OCH3 is 1. The summed E-state index contributed by atoms with van der Waals surface area (Å²) in [5, 5.41) is 6.52. The molecular formula is C24H28N8O2. The van der Waals surface area contributed by atoms with Crippen molar-refractivity contribution in [3.05, 3.63) is 48.4 Å². The lowest BCUT2D eigenvalue weighted by Gasteiger charge is -2.28. The van der Waals surface area contributed by atoms with Crippen molar-refractivity contribution in [3.8, 4) is 11.3 Å². The number of rotatable bonds is 8. The number of hydrogen-bond donors (Lipinski definition) is 3. The van der Waals surface area contributed by atoms with Crippen LogP contribution >= 0.6 is 0 Å². The molecule has 176 valence electrons. The van der Waals surface area contributed by atoms with Gasteiger partial charge in [-0.2, -0.15) is 4.98 Å². The molecule has 3 N–H and O–H groups in total. The van der Waals surface area contributed by atoms with Crippen LogP contribution in [0.1, 0.15) is 5.69 Å². The molecule has 34 heavy (non-hydrogen) atoms. The van der Waals surface area contributed by atoms with E-state index in [4.69, 9.17) is 19.4 Å². The van der Waals surface area contributed by atoms with Crippen LogP contribution in [0, 0.1) is 0 Å². The van der Waals surface area contributed by atoms with Gasteiger partial charge in [-0.1, -0.05) is 0 Å². The van der Waals surface area contributed by atoms with Crippen molar-refractivity contribution >= 4 is 34.3 Å². The molecule has 10 nitrogen and oxygen atoms in total. The Morgan fingerprint density at radius 3 is 2.65 bits per heavy atom. The van der Waals surface area contributed by atoms with Crippen LogP contribution in [-0.4, -0.2) is 72.0 Å². The number of imidazole rings is 1. The van der Waals surface area contributed by atoms with Gasteiger partial charge < -0.3 is 30.0 Å². The third-order valence-electron chi connectivity index (χ3n) is 5.79. The molecule has 0 aliphatic carbocycles. The van der Waals surface area contributed by atoms with Gasteiger partial charge in [0, 0.05) is 56.3 Å². The van der Waals surface area contributed by atoms with Crippen LogP contribution in [0.3, 0.4) is 0 Å². The number of morpholine rings is 1. The molecule has 10 heteroatoms. The first-order chi connectivity index (χ1) is 16.7. The minimum atomic E-state index is 0.472. The maximum absolute atomic E-state index is 5.45. The molecule has 0 spiro atoms. The number of aromatic amines is 1. The number of anilines is 4. The summed E-state index contributed by atoms with van der Waals surface area (Å²) >= 11 is 0. The zero-order chi connectivity index (χ0) is 23.3. The standard InChI is InChI=1S/C24H28N8O2/c1-25-22-19(8-5-17(28-22)9-12-33-2)20-21-23(27-15-26-21)31-24(30-20)29-16-3-6-18(7-4-16)32-10-13-34-14-11-32/h3-8,15H,9-14H2,1-2H3,(H,25,28)(H2,26,27,29,30,31). The van der Waals surface area contributed by atoms with Crippen LogP contribution in [0.25, 0.3) is 22.4 Å². The van der Waals surface area contributed by atoms with E-state index < -0.39 is 0 Å². The summed E-state index contributed by atoms with van der Waals surface area (Å²) in [5.41, 5.74) is 5.97. The van der Waals surface area contributed by atoms with Crippen LogP contribution < -0.4 is 15.5 Å². The molecule has 1 saturated heterocycles. The number of H-pyrrole nitrogens is 1. The fraction of sp³-hybridized carbons (Fsp3) is 0.333. The number of hydrogen-bond acceptors (Lipinski definition) is 9. The Balaban J connectivity index is 1.44. The predicted octanol–water partition coefficient (Wildman–Crippen LogP) is 3.23. The molecule has 1 aromatic carbocycles. The van der Waals surface area contributed by atoms with Crippen molar-refractivity contribution in [2.45, 2.75) is 6.42 Å². The Morgan fingerprint density at radius 1 is 1.06 bits per heavy atom. The molecule has 1 fully saturated rings. The smallest absolute Gasteiger partial charge is 0.229 e. The molecule has 5 rings (SSSR count). The van der Waals surface area contributed by atoms with Crippen molar-refractivity contribution < 1.29 is 9.47 Å². The molecule has 0 unspecified atom stereocenters. The van der Waals surface area contributed by atoms with Gasteiger partial charge in [0.25, 0.3) is 0 Å². The molecule has 1 aliphatic heterocycles. The molecule has 4 aromatic rings. The second kappa shape index (κ2) is 10.0. The zero-order valence-electron chi connectivity index (χ0n) is 19.3. The lowest BCUT2D eigenvalue weighted by atomic mass is 10.1. The van der Waals surface area contributed by atoms with E-state index in [-0.39, 0.29) is 0 Å². The molecule has 0 amide bonds. The number of ether oxygens (including phenoxy) is 2. The van der Waals surface area contributed by atoms with Crippen molar-refractivity contribution in [2.75, 3.05) is 62.6 Å². The van der Waals surface area contributed by atoms with E-state index in [1.807, 2.05) is 31.3 Å². The van der Waals surface area contributed by atoms with Crippen molar-refractivity contribution in [3.63, 3.8) is 0 Å². The van der Waals surface area contributed by atoms with E-state index in [0.29, 0.717) is 18.2 Å². The highest BCUT2D eigenvalue weighted by atomic mass is 16.5. The minimum Gasteiger partial charge on any atom is -0.384 e. The molecule has 4 heterocycles. The highest BCUT2D eigenvalue weighted by Gasteiger charge is 2.17. The van der Waals surface area contributed by atoms with Gasteiger partial charge in [0.15, 0.2) is 5.65 Å². The topological polar surface area (TPSA) is 113 Å². The summed E-state index contributed by atoms with van der Waals surface area (Å²) in [6, 6.07) is 12.3. The highest BCUT2D eigenvalue weighted by Crippen LogP contribution is 2.31. The van der Waals surface area contributed by atoms with Gasteiger partial charge in [0.1, 0.15) is 17.0 Å². The SMILES string of the molecule is CNc1nc(CCOC)ccc1-c1nc(Nc2ccc(N3CCOCC3)cc2)nc2nc[nH]c12. The van der Waals surface area contributed by atoms with Gasteiger partial charge in [0.05, 0.1) is 26.1 Å². The number of nitrogens with one attached hydrogen (secondary N) is 3. The number of pyridine rings is 1. The Labute approximate surface area is 197 Å². The quantitative estimate of drug-likeness (QED) is 0.365. The summed E-state index contributed by atoms with van der Waals surface area (Å²) in [4.78, 5) is 24.0. The van der Waals surface area contributed by atoms with E-state index in [2.05, 4.69) is 42.6 Å². The van der Waals surface area contributed by atoms with Crippen LogP contribution in [0.15, 0.2) is 42.7 Å². The van der Waals surface area contributed by atoms with E-state index in [1.54, 1.807) is 13.4 Å². The fourth-order valence-electron chi connectivity index (χ4n) is 4.02. The van der Waals surface area contributed by atoms with Crippen molar-refractivity contribution in [2.24, 2.45) is 0 Å². The number of fused-ring (bicyclic) bond motifs is 1. The maximum atomic E-state index is 5.45. The third-order valence-corrected chi connectivity index (χ3v) is 5.79. The number of aromatic nitrogens is 5. The van der Waals surface area contributed by atoms with Crippen molar-refractivity contribution in [1.82, 2.24) is 24.9 Å². The van der Waals surface area contributed by atoms with Gasteiger partial charge in [-0.05, 0) is 36.4 Å². The summed E-state index contributed by atoms with van der Waals surface area (Å²) in [6.07, 6.45) is 2.37. The normalized spacial score (nSPS) is 13.9. The average Bonchev–Trinajstić information content (AvgIpc) is 3.36. The second-order valence-electron chi connectivity index (χ2n) is 7.96. The fourth-order valence-corrected chi connectivity index (χ4v) is 4.02. The van der Waals surface area contributed by atoms with E-state index in [0.717, 1.165) is 66.7 Å². The van der Waals surface area contributed by atoms with Gasteiger partial charge in [-0.15, -0.1) is 0 Å². The summed E-state index contributed by atoms with van der Waals surface area (Å²) in [5.74, 6) is 1.21. The van der Waals surface area contributed by atoms with Crippen LogP contribution in [0.5, 0.6) is 0 Å². The summed E-state index contributed by atoms with van der Waals surface area (Å²) in [7, 11) is 3.54. The second-order valence-corrected chi connectivity index (χ2v) is 7.96. The first-order valence-electron chi connectivity index (χ1n) is 11.3. The Morgan fingerprint density at radius 2 is 1.88 bits per heavy atom. The van der Waals surface area contributed by atoms with Crippen LogP contribution in [0.4, 0.5) is 23.1 Å². The van der Waals surface area contributed by atoms with E-state index in [9.17, 15) is 0 Å². The van der Waals surface area contributed by atoms with Crippen molar-refractivity contribution in [1.29, 1.82) is 0 Å². The minimum absolute atomic E-state index is 0.472. The van der Waals surface area contributed by atoms with Crippen LogP contribution in [-0.2, 0) is 15.9 Å². The molecule has 1 aliphatic rings. The first kappa shape index (κ1) is 22.1. The van der Waals surface area contributed by atoms with E-state index in [1.165, 1.54) is 5.69 Å². The largest absolute Gasteiger partial charge is 0.384 e. The number of nitrogens with zero attached hydrogens (tertiary/aromatic N) is 5. The first-order valence-corrected chi connectivity index (χ1v) is 11.3. The monoisotopic (exact) mass is 460 g/mol. The molecule has 0 bridgehead atoms. The maximum Gasteiger partial charge on any atom is 0.229 e. The van der Waals surface area contributed by atoms with Gasteiger partial charge >= 0.3 is 0 Å². The molecule has 0 atom stereocenters. The molecule has 0 saturated carbocycles. The molecule has 0 radical (unpaired) electrons. The van der Waals surface area contributed by atoms with Gasteiger partial charge in [0.2, 0.25) is 5.95 Å². The Kier molecular flexibility index (Phi) is 6.50. The summed E-state index contributed by atoms with van der Waals surface area (Å²) in [6.45, 7) is 3.95. The third kappa shape index (κ3) is 4.63. The highest BCUT2D eigenvalue weighted by molar-refractivity contribution is 5.91. The average molecular weight is 461 g/mol. The van der Waals surface area contributed by atoms with Crippen LogP contribution in [0.2, 0.25) is 0 Å². The lowest BCUT2D eigenvalue weighted by molar-refractivity contribution is 0.122. The zero-order valence-corrected chi connectivity index (χ0v) is 19.3. The molecule has 3 aromatic heterocycles. The van der Waals surface area contributed by atoms with E-state index >= 15 is 0 Å². The molecular weight excluding hydrogens is 432 g/mol. The summed E-state index contributed by atoms with van der Waals surface area (Å²) < 4.78 is 10.6. The predicted molar refractivity (Wildman–Crippen MR) is 133 cm³/mol. The van der Waals surface area contributed by atoms with Gasteiger partial charge in [-0.3, -0.25) is 0 Å². The Bertz CT molecular complexity index is 1250. The number of benzene rings is 1. The Hall–Kier alpha value is -3.76. The van der Waals surface area contributed by atoms with Gasteiger partial charge in [-0.25, -0.2) is 15.0 Å². The lowest BCUT2D eigenvalue weighted by Crippen LogP contribution is -2.36.